The van der Waals surface area contributed by atoms with Crippen LogP contribution in [0.4, 0.5) is 5.69 Å². The second kappa shape index (κ2) is 9.08. The van der Waals surface area contributed by atoms with Gasteiger partial charge in [-0.05, 0) is 23.1 Å². The highest BCUT2D eigenvalue weighted by Gasteiger charge is 2.28. The Balaban J connectivity index is 1.49. The van der Waals surface area contributed by atoms with Gasteiger partial charge in [0, 0.05) is 24.6 Å². The third kappa shape index (κ3) is 4.56. The second-order valence-electron chi connectivity index (χ2n) is 8.83. The van der Waals surface area contributed by atoms with Gasteiger partial charge in [-0.2, -0.15) is 5.26 Å². The van der Waals surface area contributed by atoms with Crippen molar-refractivity contribution in [3.63, 3.8) is 0 Å². The van der Waals surface area contributed by atoms with Crippen molar-refractivity contribution in [2.24, 2.45) is 7.05 Å². The highest BCUT2D eigenvalue weighted by Crippen LogP contribution is 2.46. The van der Waals surface area contributed by atoms with E-state index in [1.54, 1.807) is 0 Å². The Labute approximate surface area is 202 Å². The molecule has 4 rings (SSSR count). The van der Waals surface area contributed by atoms with Gasteiger partial charge in [0.15, 0.2) is 16.8 Å². The summed E-state index contributed by atoms with van der Waals surface area (Å²) in [7, 11) is 3.77. The minimum absolute atomic E-state index is 0.0831. The molecule has 1 aliphatic rings. The van der Waals surface area contributed by atoms with Crippen LogP contribution in [0, 0.1) is 11.3 Å². The zero-order valence-corrected chi connectivity index (χ0v) is 20.9. The molecule has 0 fully saturated rings. The predicted octanol–water partition coefficient (Wildman–Crippen LogP) is 5.42. The molecule has 3 aromatic rings. The second-order valence-corrected chi connectivity index (χ2v) is 10.8. The molecule has 0 saturated heterocycles. The summed E-state index contributed by atoms with van der Waals surface area (Å²) in [5.41, 5.74) is 3.48. The fourth-order valence-electron chi connectivity index (χ4n) is 3.56. The average molecular weight is 476 g/mol. The van der Waals surface area contributed by atoms with Crippen LogP contribution in [0.1, 0.15) is 26.3 Å². The molecular weight excluding hydrogens is 450 g/mol. The molecule has 0 aliphatic carbocycles. The van der Waals surface area contributed by atoms with Crippen molar-refractivity contribution < 1.29 is 4.79 Å². The molecule has 8 heteroatoms. The van der Waals surface area contributed by atoms with E-state index in [4.69, 9.17) is 0 Å². The van der Waals surface area contributed by atoms with Crippen LogP contribution < -0.4 is 4.90 Å². The van der Waals surface area contributed by atoms with E-state index >= 15 is 0 Å². The number of anilines is 1. The molecule has 0 N–H and O–H groups in total. The standard InChI is InChI=1S/C25H25N5OS2/c1-25(2,3)17-12-10-16(11-13-17)22-27-28-24(30(22)5)32-15-20(31)18(14-26)23-29(4)19-8-6-7-9-21(19)33-23/h6-13H,15H2,1-5H3/b23-18-. The number of benzene rings is 2. The number of hydrogen-bond acceptors (Lipinski definition) is 7. The summed E-state index contributed by atoms with van der Waals surface area (Å²) in [6.45, 7) is 6.55. The van der Waals surface area contributed by atoms with E-state index < -0.39 is 0 Å². The lowest BCUT2D eigenvalue weighted by Crippen LogP contribution is -2.16. The number of ketones is 1. The number of fused-ring (bicyclic) bond motifs is 1. The Kier molecular flexibility index (Phi) is 6.37. The SMILES string of the molecule is CN1/C(=C(\C#N)C(=O)CSc2nnc(-c3ccc(C(C)(C)C)cc3)n2C)Sc2ccccc21. The van der Waals surface area contributed by atoms with Gasteiger partial charge in [-0.15, -0.1) is 10.2 Å². The van der Waals surface area contributed by atoms with Crippen molar-refractivity contribution in [3.05, 3.63) is 64.7 Å². The number of aromatic nitrogens is 3. The van der Waals surface area contributed by atoms with E-state index in [-0.39, 0.29) is 22.5 Å². The molecule has 2 aromatic carbocycles. The van der Waals surface area contributed by atoms with Crippen molar-refractivity contribution in [3.8, 4) is 17.5 Å². The maximum Gasteiger partial charge on any atom is 0.191 e. The third-order valence-electron chi connectivity index (χ3n) is 5.52. The summed E-state index contributed by atoms with van der Waals surface area (Å²) in [5.74, 6) is 0.640. The molecule has 0 saturated carbocycles. The molecule has 0 amide bonds. The quantitative estimate of drug-likeness (QED) is 0.277. The first-order valence-corrected chi connectivity index (χ1v) is 12.3. The van der Waals surface area contributed by atoms with Gasteiger partial charge < -0.3 is 9.47 Å². The summed E-state index contributed by atoms with van der Waals surface area (Å²) >= 11 is 2.75. The highest BCUT2D eigenvalue weighted by molar-refractivity contribution is 8.03. The lowest BCUT2D eigenvalue weighted by atomic mass is 9.87. The summed E-state index contributed by atoms with van der Waals surface area (Å²) in [6, 6.07) is 18.3. The first-order chi connectivity index (χ1) is 15.7. The number of para-hydroxylation sites is 1. The Morgan fingerprint density at radius 2 is 1.79 bits per heavy atom. The number of hydrogen-bond donors (Lipinski definition) is 0. The Bertz CT molecular complexity index is 1280. The van der Waals surface area contributed by atoms with Gasteiger partial charge in [0.2, 0.25) is 0 Å². The van der Waals surface area contributed by atoms with Gasteiger partial charge in [-0.1, -0.05) is 80.7 Å². The molecule has 0 atom stereocenters. The zero-order valence-electron chi connectivity index (χ0n) is 19.3. The number of allylic oxidation sites excluding steroid dienone is 1. The Morgan fingerprint density at radius 1 is 1.09 bits per heavy atom. The summed E-state index contributed by atoms with van der Waals surface area (Å²) < 4.78 is 1.88. The predicted molar refractivity (Wildman–Crippen MR) is 134 cm³/mol. The van der Waals surface area contributed by atoms with Gasteiger partial charge in [-0.3, -0.25) is 4.79 Å². The fourth-order valence-corrected chi connectivity index (χ4v) is 5.51. The van der Waals surface area contributed by atoms with Gasteiger partial charge in [-0.25, -0.2) is 0 Å². The normalized spacial score (nSPS) is 14.7. The van der Waals surface area contributed by atoms with E-state index in [0.29, 0.717) is 10.2 Å². The van der Waals surface area contributed by atoms with E-state index in [2.05, 4.69) is 49.2 Å². The van der Waals surface area contributed by atoms with Crippen molar-refractivity contribution in [2.75, 3.05) is 17.7 Å². The van der Waals surface area contributed by atoms with Crippen LogP contribution in [0.15, 0.2) is 69.2 Å². The minimum Gasteiger partial charge on any atom is -0.337 e. The molecule has 0 bridgehead atoms. The summed E-state index contributed by atoms with van der Waals surface area (Å²) in [4.78, 5) is 15.9. The number of carbonyl (C=O) groups is 1. The molecular formula is C25H25N5OS2. The maximum atomic E-state index is 13.0. The third-order valence-corrected chi connectivity index (χ3v) is 7.78. The van der Waals surface area contributed by atoms with Crippen LogP contribution in [-0.4, -0.2) is 33.3 Å². The smallest absolute Gasteiger partial charge is 0.191 e. The minimum atomic E-state index is -0.219. The van der Waals surface area contributed by atoms with Crippen LogP contribution in [0.25, 0.3) is 11.4 Å². The molecule has 1 aliphatic heterocycles. The molecule has 6 nitrogen and oxygen atoms in total. The lowest BCUT2D eigenvalue weighted by molar-refractivity contribution is -0.112. The van der Waals surface area contributed by atoms with Gasteiger partial charge in [0.1, 0.15) is 16.7 Å². The average Bonchev–Trinajstić information content (AvgIpc) is 3.32. The highest BCUT2D eigenvalue weighted by atomic mass is 32.2. The van der Waals surface area contributed by atoms with Gasteiger partial charge in [0.25, 0.3) is 0 Å². The summed E-state index contributed by atoms with van der Waals surface area (Å²) in [6.07, 6.45) is 0. The fraction of sp³-hybridized carbons (Fsp3) is 0.280. The van der Waals surface area contributed by atoms with E-state index in [0.717, 1.165) is 22.0 Å². The van der Waals surface area contributed by atoms with Gasteiger partial charge >= 0.3 is 0 Å². The number of nitriles is 1. The number of nitrogens with zero attached hydrogens (tertiary/aromatic N) is 5. The first kappa shape index (κ1) is 23.1. The van der Waals surface area contributed by atoms with Crippen molar-refractivity contribution >= 4 is 35.0 Å². The van der Waals surface area contributed by atoms with Crippen LogP contribution in [-0.2, 0) is 17.3 Å². The lowest BCUT2D eigenvalue weighted by Gasteiger charge is -2.19. The molecule has 33 heavy (non-hydrogen) atoms. The van der Waals surface area contributed by atoms with Crippen LogP contribution in [0.2, 0.25) is 0 Å². The molecule has 168 valence electrons. The molecule has 0 spiro atoms. The molecule has 2 heterocycles. The number of Topliss-reactive ketones (excluding diaryl/α,β-unsaturated/α-hetero) is 1. The van der Waals surface area contributed by atoms with Crippen molar-refractivity contribution in [2.45, 2.75) is 36.2 Å². The molecule has 0 radical (unpaired) electrons. The molecule has 0 unspecified atom stereocenters. The van der Waals surface area contributed by atoms with Crippen LogP contribution >= 0.6 is 23.5 Å². The monoisotopic (exact) mass is 475 g/mol. The zero-order chi connectivity index (χ0) is 23.8. The van der Waals surface area contributed by atoms with Crippen molar-refractivity contribution in [1.82, 2.24) is 14.8 Å². The maximum absolute atomic E-state index is 13.0. The van der Waals surface area contributed by atoms with Crippen molar-refractivity contribution in [1.29, 1.82) is 5.26 Å². The van der Waals surface area contributed by atoms with Gasteiger partial charge in [0.05, 0.1) is 11.4 Å². The van der Waals surface area contributed by atoms with E-state index in [1.807, 2.05) is 60.0 Å². The number of rotatable bonds is 5. The summed E-state index contributed by atoms with van der Waals surface area (Å²) in [5, 5.41) is 19.6. The van der Waals surface area contributed by atoms with Crippen LogP contribution in [0.5, 0.6) is 0 Å². The Hall–Kier alpha value is -3.02. The number of carbonyl (C=O) groups excluding carboxylic acids is 1. The Morgan fingerprint density at radius 3 is 2.42 bits per heavy atom. The van der Waals surface area contributed by atoms with E-state index in [1.165, 1.54) is 29.1 Å². The van der Waals surface area contributed by atoms with E-state index in [9.17, 15) is 10.1 Å². The number of thioether (sulfide) groups is 2. The first-order valence-electron chi connectivity index (χ1n) is 10.5. The largest absolute Gasteiger partial charge is 0.337 e. The molecule has 1 aromatic heterocycles. The van der Waals surface area contributed by atoms with Crippen LogP contribution in [0.3, 0.4) is 0 Å². The topological polar surface area (TPSA) is 74.8 Å².